The second-order valence-electron chi connectivity index (χ2n) is 12.2. The summed E-state index contributed by atoms with van der Waals surface area (Å²) in [5, 5.41) is 36.0. The van der Waals surface area contributed by atoms with Crippen LogP contribution in [0.5, 0.6) is 5.75 Å². The number of phenols is 1. The monoisotopic (exact) mass is 788 g/mol. The summed E-state index contributed by atoms with van der Waals surface area (Å²) < 4.78 is 33.5. The Morgan fingerprint density at radius 2 is 1.61 bits per heavy atom. The first-order chi connectivity index (χ1) is 26.7. The number of thiocarbonyl (C=S) groups is 1. The Hall–Kier alpha value is -6.79. The quantitative estimate of drug-likeness (QED) is 0.0876. The predicted molar refractivity (Wildman–Crippen MR) is 205 cm³/mol. The van der Waals surface area contributed by atoms with Crippen molar-refractivity contribution in [3.63, 3.8) is 0 Å². The Morgan fingerprint density at radius 3 is 2.30 bits per heavy atom. The van der Waals surface area contributed by atoms with Gasteiger partial charge in [-0.15, -0.1) is 0 Å². The van der Waals surface area contributed by atoms with Crippen LogP contribution < -0.4 is 37.3 Å². The molecule has 290 valence electrons. The number of hydrogen-bond acceptors (Lipinski definition) is 10. The zero-order chi connectivity index (χ0) is 40.5. The van der Waals surface area contributed by atoms with Crippen molar-refractivity contribution in [2.45, 2.75) is 18.9 Å². The molecule has 18 heteroatoms. The maximum absolute atomic E-state index is 14.0. The lowest BCUT2D eigenvalue weighted by atomic mass is 9.90. The van der Waals surface area contributed by atoms with Gasteiger partial charge in [-0.1, -0.05) is 18.2 Å². The number of phenolic OH excluding ortho intramolecular Hbond substituents is 1. The van der Waals surface area contributed by atoms with Crippen LogP contribution in [0.3, 0.4) is 0 Å². The van der Waals surface area contributed by atoms with E-state index in [1.165, 1.54) is 18.2 Å². The van der Waals surface area contributed by atoms with E-state index in [0.717, 1.165) is 30.0 Å². The Morgan fingerprint density at radius 1 is 0.911 bits per heavy atom. The van der Waals surface area contributed by atoms with Crippen LogP contribution in [-0.2, 0) is 19.2 Å². The van der Waals surface area contributed by atoms with Gasteiger partial charge >= 0.3 is 5.97 Å². The van der Waals surface area contributed by atoms with Gasteiger partial charge in [-0.3, -0.25) is 29.3 Å². The number of amides is 3. The third kappa shape index (κ3) is 10.0. The number of carboxylic acids is 1. The maximum Gasteiger partial charge on any atom is 0.336 e. The molecule has 0 unspecified atom stereocenters. The van der Waals surface area contributed by atoms with Crippen LogP contribution in [0.2, 0.25) is 0 Å². The van der Waals surface area contributed by atoms with Crippen molar-refractivity contribution in [1.29, 1.82) is 0 Å². The molecule has 0 radical (unpaired) electrons. The fourth-order valence-electron chi connectivity index (χ4n) is 5.59. The van der Waals surface area contributed by atoms with E-state index in [9.17, 15) is 47.8 Å². The standard InChI is InChI=1S/C20H10F2O5.C18H24N6O4S/c21-13-5-11-17(7-15(13)23)27-18-8-16(24)14(22)6-12(18)19(11)9-3-1-2-4-10(9)20(25)26;1-19-18(29)24-12-4-2-11(3-5-12)23-16(27)10-22-17(28)14-6-7-15(26)21-9-13(25)8-20-14/h1-8,23H,(H,25,26);2-5,14,20H,6-10H2,1H3,(H,21,26)(H,22,28)(H,23,27)(H2,19,24,29)/t;14-/m.0/s1. The molecule has 3 aromatic rings. The molecule has 1 fully saturated rings. The van der Waals surface area contributed by atoms with Crippen LogP contribution in [0, 0.1) is 11.6 Å². The van der Waals surface area contributed by atoms with Crippen molar-refractivity contribution < 1.29 is 47.4 Å². The summed E-state index contributed by atoms with van der Waals surface area (Å²) in [6.07, 6.45) is 0.345. The number of carboxylic acid groups (broad SMARTS) is 1. The third-order valence-corrected chi connectivity index (χ3v) is 8.66. The minimum absolute atomic E-state index is 0.0163. The van der Waals surface area contributed by atoms with E-state index in [0.29, 0.717) is 10.8 Å². The molecular weight excluding hydrogens is 755 g/mol. The number of carbonyl (C=O) groups excluding carboxylic acids is 4. The van der Waals surface area contributed by atoms with E-state index >= 15 is 0 Å². The average Bonchev–Trinajstić information content (AvgIpc) is 3.25. The van der Waals surface area contributed by atoms with Crippen LogP contribution in [0.25, 0.3) is 33.4 Å². The lowest BCUT2D eigenvalue weighted by Gasteiger charge is -2.17. The smallest absolute Gasteiger partial charge is 0.336 e. The number of halogens is 2. The molecule has 0 saturated carbocycles. The number of fused-ring (bicyclic) bond motifs is 2. The Labute approximate surface area is 321 Å². The van der Waals surface area contributed by atoms with Gasteiger partial charge in [-0.05, 0) is 66.7 Å². The fourth-order valence-corrected chi connectivity index (χ4v) is 5.71. The van der Waals surface area contributed by atoms with Crippen molar-refractivity contribution in [2.75, 3.05) is 37.3 Å². The number of aromatic hydroxyl groups is 1. The molecule has 1 atom stereocenters. The van der Waals surface area contributed by atoms with Gasteiger partial charge in [0.25, 0.3) is 0 Å². The molecule has 8 N–H and O–H groups in total. The molecule has 1 aliphatic carbocycles. The molecule has 56 heavy (non-hydrogen) atoms. The summed E-state index contributed by atoms with van der Waals surface area (Å²) in [6, 6.07) is 16.0. The highest BCUT2D eigenvalue weighted by Crippen LogP contribution is 2.42. The highest BCUT2D eigenvalue weighted by Gasteiger charge is 2.25. The van der Waals surface area contributed by atoms with Crippen LogP contribution >= 0.6 is 12.2 Å². The SMILES string of the molecule is CNC(=S)Nc1ccc(NC(=O)CNC(=O)[C@@H]2CCC(=O)NCC(=O)CN2)cc1.O=C(O)c1ccccc1-c1c2cc(F)c(=O)cc-2oc2cc(O)c(F)cc12. The molecule has 2 heterocycles. The first kappa shape index (κ1) is 40.4. The van der Waals surface area contributed by atoms with Crippen LogP contribution in [0.1, 0.15) is 23.2 Å². The Balaban J connectivity index is 0.000000215. The zero-order valence-corrected chi connectivity index (χ0v) is 30.3. The van der Waals surface area contributed by atoms with E-state index < -0.39 is 46.6 Å². The number of Topliss-reactive ketones (excluding diaryl/α,β-unsaturated/α-hetero) is 1. The number of carbonyl (C=O) groups is 5. The number of aromatic carboxylic acids is 1. The van der Waals surface area contributed by atoms with Gasteiger partial charge < -0.3 is 41.2 Å². The highest BCUT2D eigenvalue weighted by molar-refractivity contribution is 7.80. The molecule has 0 aromatic heterocycles. The molecule has 0 spiro atoms. The summed E-state index contributed by atoms with van der Waals surface area (Å²) in [7, 11) is 1.71. The maximum atomic E-state index is 14.0. The summed E-state index contributed by atoms with van der Waals surface area (Å²) in [6.45, 7) is -0.319. The number of nitrogens with one attached hydrogen (secondary N) is 6. The average molecular weight is 789 g/mol. The summed E-state index contributed by atoms with van der Waals surface area (Å²) in [4.78, 5) is 70.9. The highest BCUT2D eigenvalue weighted by atomic mass is 32.1. The van der Waals surface area contributed by atoms with Crippen LogP contribution in [0.4, 0.5) is 20.2 Å². The molecule has 1 saturated heterocycles. The largest absolute Gasteiger partial charge is 0.505 e. The van der Waals surface area contributed by atoms with Gasteiger partial charge in [0.1, 0.15) is 11.3 Å². The Kier molecular flexibility index (Phi) is 13.0. The number of benzene rings is 4. The van der Waals surface area contributed by atoms with Crippen molar-refractivity contribution in [3.8, 4) is 28.2 Å². The van der Waals surface area contributed by atoms with E-state index in [2.05, 4.69) is 31.9 Å². The lowest BCUT2D eigenvalue weighted by molar-refractivity contribution is -0.126. The second-order valence-corrected chi connectivity index (χ2v) is 12.6. The molecular formula is C38H34F2N6O9S. The number of hydrogen-bond donors (Lipinski definition) is 8. The van der Waals surface area contributed by atoms with Gasteiger partial charge in [-0.2, -0.15) is 0 Å². The van der Waals surface area contributed by atoms with Gasteiger partial charge in [0.2, 0.25) is 23.2 Å². The lowest BCUT2D eigenvalue weighted by Crippen LogP contribution is -2.47. The Bertz CT molecular complexity index is 2350. The van der Waals surface area contributed by atoms with Crippen LogP contribution in [0.15, 0.2) is 82.0 Å². The molecule has 15 nitrogen and oxygen atoms in total. The molecule has 3 aliphatic rings. The molecule has 0 bridgehead atoms. The van der Waals surface area contributed by atoms with Crippen molar-refractivity contribution in [3.05, 3.63) is 100 Å². The van der Waals surface area contributed by atoms with Gasteiger partial charge in [-0.25, -0.2) is 13.6 Å². The first-order valence-corrected chi connectivity index (χ1v) is 17.2. The minimum Gasteiger partial charge on any atom is -0.505 e. The topological polar surface area (TPSA) is 228 Å². The number of ketones is 1. The first-order valence-electron chi connectivity index (χ1n) is 16.8. The number of rotatable bonds is 7. The molecule has 3 aromatic carbocycles. The molecule has 6 rings (SSSR count). The predicted octanol–water partition coefficient (Wildman–Crippen LogP) is 3.34. The van der Waals surface area contributed by atoms with Crippen LogP contribution in [-0.4, -0.2) is 77.5 Å². The van der Waals surface area contributed by atoms with Gasteiger partial charge in [0, 0.05) is 53.5 Å². The van der Waals surface area contributed by atoms with E-state index in [4.69, 9.17) is 16.6 Å². The van der Waals surface area contributed by atoms with Crippen molar-refractivity contribution >= 4 is 69.1 Å². The van der Waals surface area contributed by atoms with E-state index in [-0.39, 0.29) is 83.1 Å². The number of anilines is 2. The third-order valence-electron chi connectivity index (χ3n) is 8.35. The zero-order valence-electron chi connectivity index (χ0n) is 29.5. The van der Waals surface area contributed by atoms with Crippen molar-refractivity contribution in [2.24, 2.45) is 0 Å². The van der Waals surface area contributed by atoms with E-state index in [1.54, 1.807) is 37.4 Å². The summed E-state index contributed by atoms with van der Waals surface area (Å²) in [5.74, 6) is -5.27. The fraction of sp³-hybridized carbons (Fsp3) is 0.184. The minimum atomic E-state index is -1.23. The van der Waals surface area contributed by atoms with Gasteiger partial charge in [0.05, 0.1) is 31.2 Å². The summed E-state index contributed by atoms with van der Waals surface area (Å²) in [5.41, 5.74) is 0.830. The van der Waals surface area contributed by atoms with E-state index in [1.807, 2.05) is 0 Å². The summed E-state index contributed by atoms with van der Waals surface area (Å²) >= 11 is 5.01. The molecule has 3 amide bonds. The van der Waals surface area contributed by atoms with Gasteiger partial charge in [0.15, 0.2) is 28.3 Å². The van der Waals surface area contributed by atoms with Crippen molar-refractivity contribution in [1.82, 2.24) is 21.3 Å². The molecule has 2 aliphatic heterocycles. The normalized spacial score (nSPS) is 14.2. The second kappa shape index (κ2) is 18.0.